The van der Waals surface area contributed by atoms with E-state index < -0.39 is 33.3 Å². The molecule has 2 N–H and O–H groups in total. The van der Waals surface area contributed by atoms with E-state index in [1.54, 1.807) is 6.92 Å². The fourth-order valence-electron chi connectivity index (χ4n) is 2.65. The molecule has 0 aliphatic rings. The normalized spacial score (nSPS) is 12.3. The first-order valence-electron chi connectivity index (χ1n) is 8.46. The van der Waals surface area contributed by atoms with Crippen molar-refractivity contribution in [3.63, 3.8) is 0 Å². The Bertz CT molecular complexity index is 1310. The maximum absolute atomic E-state index is 14.1. The molecule has 0 fully saturated rings. The van der Waals surface area contributed by atoms with Crippen molar-refractivity contribution in [2.75, 3.05) is 6.61 Å². The third-order valence-electron chi connectivity index (χ3n) is 3.95. The second-order valence-electron chi connectivity index (χ2n) is 5.96. The molecule has 0 atom stereocenters. The number of carbonyl (C=O) groups excluding carboxylic acids is 2. The van der Waals surface area contributed by atoms with Gasteiger partial charge in [0.05, 0.1) is 32.3 Å². The minimum atomic E-state index is -3.97. The van der Waals surface area contributed by atoms with Crippen LogP contribution in [0.4, 0.5) is 4.39 Å². The Balaban J connectivity index is 2.22. The van der Waals surface area contributed by atoms with Crippen LogP contribution in [0.2, 0.25) is 5.02 Å². The van der Waals surface area contributed by atoms with E-state index in [-0.39, 0.29) is 27.9 Å². The fraction of sp³-hybridized carbons (Fsp3) is 0.167. The number of esters is 1. The topological polar surface area (TPSA) is 121 Å². The lowest BCUT2D eigenvalue weighted by molar-refractivity contribution is -0.143. The van der Waals surface area contributed by atoms with Gasteiger partial charge in [0.15, 0.2) is 4.80 Å². The van der Waals surface area contributed by atoms with Crippen LogP contribution in [-0.4, -0.2) is 31.5 Å². The summed E-state index contributed by atoms with van der Waals surface area (Å²) >= 11 is 6.86. The molecular weight excluding hydrogens is 457 g/mol. The van der Waals surface area contributed by atoms with Crippen LogP contribution in [0.5, 0.6) is 0 Å². The number of nitrogens with zero attached hydrogens (tertiary/aromatic N) is 2. The van der Waals surface area contributed by atoms with Gasteiger partial charge in [-0.15, -0.1) is 0 Å². The van der Waals surface area contributed by atoms with Crippen LogP contribution in [0.1, 0.15) is 17.3 Å². The zero-order valence-electron chi connectivity index (χ0n) is 15.5. The minimum absolute atomic E-state index is 0.0361. The second kappa shape index (κ2) is 8.64. The number of amides is 1. The third-order valence-corrected chi connectivity index (χ3v) is 6.22. The Kier molecular flexibility index (Phi) is 6.36. The predicted octanol–water partition coefficient (Wildman–Crippen LogP) is 2.45. The highest BCUT2D eigenvalue weighted by atomic mass is 35.5. The largest absolute Gasteiger partial charge is 0.465 e. The number of aromatic nitrogens is 1. The molecule has 0 aliphatic carbocycles. The van der Waals surface area contributed by atoms with E-state index in [9.17, 15) is 22.4 Å². The molecule has 30 heavy (non-hydrogen) atoms. The standard InChI is InChI=1S/C18H15ClFN3O5S2/c1-2-28-15(24)9-23-13-7-6-10(30(21,26)27)8-14(13)29-18(23)22-17(25)16-11(19)4-3-5-12(16)20/h3-8H,2,9H2,1H3,(H2,21,26,27). The van der Waals surface area contributed by atoms with Gasteiger partial charge in [0.25, 0.3) is 5.91 Å². The van der Waals surface area contributed by atoms with Crippen molar-refractivity contribution in [3.05, 3.63) is 57.6 Å². The van der Waals surface area contributed by atoms with Gasteiger partial charge in [0.1, 0.15) is 12.4 Å². The molecule has 0 aliphatic heterocycles. The molecule has 12 heteroatoms. The summed E-state index contributed by atoms with van der Waals surface area (Å²) in [6.45, 7) is 1.49. The van der Waals surface area contributed by atoms with Gasteiger partial charge in [-0.1, -0.05) is 29.0 Å². The highest BCUT2D eigenvalue weighted by Crippen LogP contribution is 2.23. The summed E-state index contributed by atoms with van der Waals surface area (Å²) in [5.41, 5.74) is 0.0103. The molecule has 8 nitrogen and oxygen atoms in total. The van der Waals surface area contributed by atoms with Crippen molar-refractivity contribution in [2.45, 2.75) is 18.4 Å². The number of ether oxygens (including phenoxy) is 1. The number of rotatable bonds is 5. The Morgan fingerprint density at radius 1 is 1.30 bits per heavy atom. The molecule has 0 radical (unpaired) electrons. The Hall–Kier alpha value is -2.60. The SMILES string of the molecule is CCOC(=O)Cn1c(=NC(=O)c2c(F)cccc2Cl)sc2cc(S(N)(=O)=O)ccc21. The first-order chi connectivity index (χ1) is 14.1. The highest BCUT2D eigenvalue weighted by Gasteiger charge is 2.18. The number of thiazole rings is 1. The molecular formula is C18H15ClFN3O5S2. The molecule has 1 amide bonds. The van der Waals surface area contributed by atoms with Gasteiger partial charge in [0.2, 0.25) is 10.0 Å². The van der Waals surface area contributed by atoms with Crippen LogP contribution in [-0.2, 0) is 26.1 Å². The van der Waals surface area contributed by atoms with E-state index in [1.807, 2.05) is 0 Å². The number of halogens is 2. The van der Waals surface area contributed by atoms with Crippen LogP contribution in [0.25, 0.3) is 10.2 Å². The summed E-state index contributed by atoms with van der Waals surface area (Å²) in [5.74, 6) is -2.38. The smallest absolute Gasteiger partial charge is 0.326 e. The van der Waals surface area contributed by atoms with E-state index >= 15 is 0 Å². The van der Waals surface area contributed by atoms with E-state index in [2.05, 4.69) is 4.99 Å². The summed E-state index contributed by atoms with van der Waals surface area (Å²) in [4.78, 5) is 28.4. The van der Waals surface area contributed by atoms with Crippen molar-refractivity contribution in [3.8, 4) is 0 Å². The number of sulfonamides is 1. The fourth-order valence-corrected chi connectivity index (χ4v) is 4.57. The quantitative estimate of drug-likeness (QED) is 0.573. The molecule has 3 rings (SSSR count). The van der Waals surface area contributed by atoms with Crippen molar-refractivity contribution >= 4 is 55.1 Å². The van der Waals surface area contributed by atoms with E-state index in [0.29, 0.717) is 10.2 Å². The Morgan fingerprint density at radius 2 is 2.03 bits per heavy atom. The molecule has 1 heterocycles. The Labute approximate surface area is 179 Å². The van der Waals surface area contributed by atoms with Crippen molar-refractivity contribution in [1.29, 1.82) is 0 Å². The summed E-state index contributed by atoms with van der Waals surface area (Å²) in [6, 6.07) is 7.78. The van der Waals surface area contributed by atoms with Gasteiger partial charge in [0, 0.05) is 0 Å². The van der Waals surface area contributed by atoms with Crippen LogP contribution in [0, 0.1) is 5.82 Å². The molecule has 0 unspecified atom stereocenters. The van der Waals surface area contributed by atoms with Crippen molar-refractivity contribution in [2.24, 2.45) is 10.1 Å². The molecule has 0 bridgehead atoms. The number of carbonyl (C=O) groups is 2. The maximum Gasteiger partial charge on any atom is 0.326 e. The molecule has 1 aromatic heterocycles. The zero-order valence-corrected chi connectivity index (χ0v) is 17.9. The highest BCUT2D eigenvalue weighted by molar-refractivity contribution is 7.89. The van der Waals surface area contributed by atoms with Crippen molar-refractivity contribution in [1.82, 2.24) is 4.57 Å². The lowest BCUT2D eigenvalue weighted by Gasteiger charge is -2.06. The average molecular weight is 472 g/mol. The lowest BCUT2D eigenvalue weighted by atomic mass is 10.2. The summed E-state index contributed by atoms with van der Waals surface area (Å²) in [6.07, 6.45) is 0. The summed E-state index contributed by atoms with van der Waals surface area (Å²) in [5, 5.41) is 5.05. The van der Waals surface area contributed by atoms with E-state index in [0.717, 1.165) is 17.4 Å². The molecule has 0 saturated heterocycles. The second-order valence-corrected chi connectivity index (χ2v) is 8.94. The van der Waals surface area contributed by atoms with Crippen LogP contribution < -0.4 is 9.94 Å². The number of benzene rings is 2. The molecule has 3 aromatic rings. The first-order valence-corrected chi connectivity index (χ1v) is 11.2. The minimum Gasteiger partial charge on any atom is -0.465 e. The number of hydrogen-bond donors (Lipinski definition) is 1. The number of primary sulfonamides is 1. The van der Waals surface area contributed by atoms with Gasteiger partial charge in [-0.25, -0.2) is 17.9 Å². The number of hydrogen-bond acceptors (Lipinski definition) is 6. The first kappa shape index (κ1) is 22.1. The molecule has 158 valence electrons. The average Bonchev–Trinajstić information content (AvgIpc) is 2.97. The van der Waals surface area contributed by atoms with E-state index in [4.69, 9.17) is 21.5 Å². The predicted molar refractivity (Wildman–Crippen MR) is 109 cm³/mol. The van der Waals surface area contributed by atoms with Crippen LogP contribution >= 0.6 is 22.9 Å². The van der Waals surface area contributed by atoms with Crippen molar-refractivity contribution < 1.29 is 27.1 Å². The van der Waals surface area contributed by atoms with Crippen LogP contribution in [0.3, 0.4) is 0 Å². The van der Waals surface area contributed by atoms with Gasteiger partial charge in [-0.05, 0) is 37.3 Å². The summed E-state index contributed by atoms with van der Waals surface area (Å²) in [7, 11) is -3.97. The number of nitrogens with two attached hydrogens (primary N) is 1. The van der Waals surface area contributed by atoms with Crippen LogP contribution in [0.15, 0.2) is 46.3 Å². The van der Waals surface area contributed by atoms with E-state index in [1.165, 1.54) is 34.9 Å². The Morgan fingerprint density at radius 3 is 2.67 bits per heavy atom. The van der Waals surface area contributed by atoms with Gasteiger partial charge >= 0.3 is 5.97 Å². The monoisotopic (exact) mass is 471 g/mol. The number of fused-ring (bicyclic) bond motifs is 1. The molecule has 2 aromatic carbocycles. The molecule has 0 spiro atoms. The lowest BCUT2D eigenvalue weighted by Crippen LogP contribution is -2.23. The zero-order chi connectivity index (χ0) is 22.1. The third kappa shape index (κ3) is 4.59. The molecule has 0 saturated carbocycles. The summed E-state index contributed by atoms with van der Waals surface area (Å²) < 4.78 is 44.1. The van der Waals surface area contributed by atoms with Gasteiger partial charge in [-0.3, -0.25) is 9.59 Å². The van der Waals surface area contributed by atoms with Gasteiger partial charge in [-0.2, -0.15) is 4.99 Å². The maximum atomic E-state index is 14.1. The van der Waals surface area contributed by atoms with Gasteiger partial charge < -0.3 is 9.30 Å².